The Morgan fingerprint density at radius 1 is 1.36 bits per heavy atom. The SMILES string of the molecule is COC(=O)C(Cl)C(=O)C(C)C. The fourth-order valence-corrected chi connectivity index (χ4v) is 0.853. The van der Waals surface area contributed by atoms with Crippen LogP contribution in [-0.4, -0.2) is 24.2 Å². The molecule has 0 heterocycles. The van der Waals surface area contributed by atoms with Gasteiger partial charge in [-0.25, -0.2) is 4.79 Å². The molecule has 0 amide bonds. The Labute approximate surface area is 70.7 Å². The van der Waals surface area contributed by atoms with Crippen molar-refractivity contribution in [2.24, 2.45) is 5.92 Å². The smallest absolute Gasteiger partial charge is 0.331 e. The van der Waals surface area contributed by atoms with Crippen molar-refractivity contribution in [3.8, 4) is 0 Å². The fraction of sp³-hybridized carbons (Fsp3) is 0.714. The lowest BCUT2D eigenvalue weighted by Gasteiger charge is -2.07. The molecule has 64 valence electrons. The van der Waals surface area contributed by atoms with E-state index in [4.69, 9.17) is 11.6 Å². The molecule has 0 fully saturated rings. The Morgan fingerprint density at radius 3 is 2.09 bits per heavy atom. The van der Waals surface area contributed by atoms with E-state index in [-0.39, 0.29) is 11.7 Å². The number of hydrogen-bond acceptors (Lipinski definition) is 3. The number of carbonyl (C=O) groups is 2. The lowest BCUT2D eigenvalue weighted by atomic mass is 10.1. The summed E-state index contributed by atoms with van der Waals surface area (Å²) in [6.45, 7) is 3.36. The highest BCUT2D eigenvalue weighted by Gasteiger charge is 2.26. The summed E-state index contributed by atoms with van der Waals surface area (Å²) in [6, 6.07) is 0. The Balaban J connectivity index is 4.13. The number of ether oxygens (including phenoxy) is 1. The Kier molecular flexibility index (Phi) is 4.11. The summed E-state index contributed by atoms with van der Waals surface area (Å²) in [4.78, 5) is 21.7. The summed E-state index contributed by atoms with van der Waals surface area (Å²) < 4.78 is 4.29. The number of rotatable bonds is 3. The van der Waals surface area contributed by atoms with Crippen LogP contribution in [0.15, 0.2) is 0 Å². The third kappa shape index (κ3) is 2.89. The topological polar surface area (TPSA) is 43.4 Å². The third-order valence-corrected chi connectivity index (χ3v) is 1.62. The molecule has 4 heteroatoms. The number of methoxy groups -OCH3 is 1. The van der Waals surface area contributed by atoms with Crippen LogP contribution in [0.4, 0.5) is 0 Å². The highest BCUT2D eigenvalue weighted by molar-refractivity contribution is 6.41. The number of Topliss-reactive ketones (excluding diaryl/α,β-unsaturated/α-hetero) is 1. The molecule has 0 radical (unpaired) electrons. The summed E-state index contributed by atoms with van der Waals surface area (Å²) in [5.74, 6) is -1.24. The van der Waals surface area contributed by atoms with Gasteiger partial charge in [0.1, 0.15) is 0 Å². The van der Waals surface area contributed by atoms with Gasteiger partial charge >= 0.3 is 5.97 Å². The zero-order chi connectivity index (χ0) is 9.02. The van der Waals surface area contributed by atoms with Crippen molar-refractivity contribution < 1.29 is 14.3 Å². The first-order valence-corrected chi connectivity index (χ1v) is 3.70. The molecular formula is C7H11ClO3. The van der Waals surface area contributed by atoms with E-state index in [0.29, 0.717) is 0 Å². The predicted molar refractivity (Wildman–Crippen MR) is 41.5 cm³/mol. The van der Waals surface area contributed by atoms with Gasteiger partial charge < -0.3 is 4.74 Å². The number of ketones is 1. The largest absolute Gasteiger partial charge is 0.468 e. The zero-order valence-electron chi connectivity index (χ0n) is 6.76. The van der Waals surface area contributed by atoms with Gasteiger partial charge in [0.05, 0.1) is 7.11 Å². The van der Waals surface area contributed by atoms with Crippen molar-refractivity contribution in [3.63, 3.8) is 0 Å². The van der Waals surface area contributed by atoms with E-state index in [1.807, 2.05) is 0 Å². The number of hydrogen-bond donors (Lipinski definition) is 0. The summed E-state index contributed by atoms with van der Waals surface area (Å²) in [5, 5.41) is -1.15. The standard InChI is InChI=1S/C7H11ClO3/c1-4(2)6(9)5(8)7(10)11-3/h4-5H,1-3H3. The Bertz CT molecular complexity index is 165. The number of esters is 1. The average Bonchev–Trinajstić information content (AvgIpc) is 2.00. The molecule has 0 saturated carbocycles. The summed E-state index contributed by atoms with van der Waals surface area (Å²) in [7, 11) is 1.20. The first-order valence-electron chi connectivity index (χ1n) is 3.26. The second-order valence-corrected chi connectivity index (χ2v) is 2.88. The van der Waals surface area contributed by atoms with E-state index in [1.54, 1.807) is 13.8 Å². The van der Waals surface area contributed by atoms with Crippen molar-refractivity contribution in [1.29, 1.82) is 0 Å². The Hall–Kier alpha value is -0.570. The van der Waals surface area contributed by atoms with Gasteiger partial charge in [0.25, 0.3) is 0 Å². The van der Waals surface area contributed by atoms with Gasteiger partial charge in [-0.15, -0.1) is 11.6 Å². The third-order valence-electron chi connectivity index (χ3n) is 1.23. The first-order chi connectivity index (χ1) is 5.00. The second-order valence-electron chi connectivity index (χ2n) is 2.44. The molecule has 0 spiro atoms. The minimum atomic E-state index is -1.15. The van der Waals surface area contributed by atoms with E-state index in [2.05, 4.69) is 4.74 Å². The molecule has 0 aliphatic heterocycles. The van der Waals surface area contributed by atoms with E-state index in [9.17, 15) is 9.59 Å². The summed E-state index contributed by atoms with van der Waals surface area (Å²) in [5.41, 5.74) is 0. The number of halogens is 1. The van der Waals surface area contributed by atoms with Crippen LogP contribution in [0.5, 0.6) is 0 Å². The monoisotopic (exact) mass is 178 g/mol. The molecule has 0 saturated heterocycles. The fourth-order valence-electron chi connectivity index (χ4n) is 0.512. The maximum absolute atomic E-state index is 11.0. The van der Waals surface area contributed by atoms with Crippen LogP contribution in [-0.2, 0) is 14.3 Å². The normalized spacial score (nSPS) is 12.8. The Morgan fingerprint density at radius 2 is 1.82 bits per heavy atom. The van der Waals surface area contributed by atoms with E-state index >= 15 is 0 Å². The van der Waals surface area contributed by atoms with Gasteiger partial charge in [-0.1, -0.05) is 13.8 Å². The van der Waals surface area contributed by atoms with E-state index in [0.717, 1.165) is 0 Å². The van der Waals surface area contributed by atoms with Gasteiger partial charge in [-0.3, -0.25) is 4.79 Å². The van der Waals surface area contributed by atoms with Crippen LogP contribution < -0.4 is 0 Å². The lowest BCUT2D eigenvalue weighted by molar-refractivity contribution is -0.143. The van der Waals surface area contributed by atoms with Crippen molar-refractivity contribution in [2.75, 3.05) is 7.11 Å². The molecule has 0 aliphatic carbocycles. The highest BCUT2D eigenvalue weighted by atomic mass is 35.5. The molecule has 0 aromatic carbocycles. The van der Waals surface area contributed by atoms with Gasteiger partial charge in [-0.2, -0.15) is 0 Å². The molecule has 3 nitrogen and oxygen atoms in total. The lowest BCUT2D eigenvalue weighted by Crippen LogP contribution is -2.29. The van der Waals surface area contributed by atoms with Crippen LogP contribution in [0.25, 0.3) is 0 Å². The zero-order valence-corrected chi connectivity index (χ0v) is 7.51. The van der Waals surface area contributed by atoms with E-state index < -0.39 is 11.3 Å². The molecule has 1 unspecified atom stereocenters. The van der Waals surface area contributed by atoms with Crippen LogP contribution in [0.3, 0.4) is 0 Å². The molecule has 1 atom stereocenters. The van der Waals surface area contributed by atoms with Crippen LogP contribution in [0.1, 0.15) is 13.8 Å². The van der Waals surface area contributed by atoms with Crippen molar-refractivity contribution >= 4 is 23.4 Å². The van der Waals surface area contributed by atoms with Gasteiger partial charge in [0, 0.05) is 5.92 Å². The minimum absolute atomic E-state index is 0.239. The van der Waals surface area contributed by atoms with E-state index in [1.165, 1.54) is 7.11 Å². The van der Waals surface area contributed by atoms with Gasteiger partial charge in [0.2, 0.25) is 0 Å². The predicted octanol–water partition coefficient (Wildman–Crippen LogP) is 0.992. The molecule has 0 aromatic heterocycles. The summed E-state index contributed by atoms with van der Waals surface area (Å²) in [6.07, 6.45) is 0. The van der Waals surface area contributed by atoms with Crippen LogP contribution >= 0.6 is 11.6 Å². The molecule has 11 heavy (non-hydrogen) atoms. The molecule has 0 aromatic rings. The highest BCUT2D eigenvalue weighted by Crippen LogP contribution is 2.07. The van der Waals surface area contributed by atoms with Crippen LogP contribution in [0, 0.1) is 5.92 Å². The van der Waals surface area contributed by atoms with Crippen molar-refractivity contribution in [2.45, 2.75) is 19.2 Å². The molecule has 0 aliphatic rings. The quantitative estimate of drug-likeness (QED) is 0.368. The second kappa shape index (κ2) is 4.34. The van der Waals surface area contributed by atoms with Gasteiger partial charge in [-0.05, 0) is 0 Å². The number of carbonyl (C=O) groups excluding carboxylic acids is 2. The summed E-state index contributed by atoms with van der Waals surface area (Å²) >= 11 is 5.45. The molecule has 0 bridgehead atoms. The van der Waals surface area contributed by atoms with Crippen LogP contribution in [0.2, 0.25) is 0 Å². The maximum atomic E-state index is 11.0. The van der Waals surface area contributed by atoms with Crippen molar-refractivity contribution in [3.05, 3.63) is 0 Å². The number of alkyl halides is 1. The first kappa shape index (κ1) is 10.4. The van der Waals surface area contributed by atoms with Gasteiger partial charge in [0.15, 0.2) is 11.2 Å². The minimum Gasteiger partial charge on any atom is -0.468 e. The van der Waals surface area contributed by atoms with Crippen molar-refractivity contribution in [1.82, 2.24) is 0 Å². The maximum Gasteiger partial charge on any atom is 0.331 e. The average molecular weight is 179 g/mol. The molecule has 0 rings (SSSR count). The molecular weight excluding hydrogens is 168 g/mol. The molecule has 0 N–H and O–H groups in total.